The Labute approximate surface area is 85.3 Å². The van der Waals surface area contributed by atoms with Gasteiger partial charge < -0.3 is 5.73 Å². The molecule has 0 amide bonds. The molecule has 13 heavy (non-hydrogen) atoms. The summed E-state index contributed by atoms with van der Waals surface area (Å²) in [7, 11) is 0. The quantitative estimate of drug-likeness (QED) is 0.807. The summed E-state index contributed by atoms with van der Waals surface area (Å²) >= 11 is 3.44. The van der Waals surface area contributed by atoms with Crippen LogP contribution in [0.15, 0.2) is 16.6 Å². The molecule has 0 radical (unpaired) electrons. The molecule has 0 saturated carbocycles. The van der Waals surface area contributed by atoms with Crippen LogP contribution in [0.4, 0.5) is 4.39 Å². The van der Waals surface area contributed by atoms with Crippen molar-refractivity contribution in [3.05, 3.63) is 33.5 Å². The summed E-state index contributed by atoms with van der Waals surface area (Å²) in [6.07, 6.45) is 1.80. The van der Waals surface area contributed by atoms with E-state index in [4.69, 9.17) is 5.73 Å². The fourth-order valence-electron chi connectivity index (χ4n) is 2.00. The normalized spacial score (nSPS) is 20.4. The summed E-state index contributed by atoms with van der Waals surface area (Å²) in [6, 6.07) is 3.28. The highest BCUT2D eigenvalue weighted by atomic mass is 79.9. The Morgan fingerprint density at radius 3 is 3.00 bits per heavy atom. The molecule has 0 saturated heterocycles. The van der Waals surface area contributed by atoms with Gasteiger partial charge in [0.1, 0.15) is 5.82 Å². The number of rotatable bonds is 1. The van der Waals surface area contributed by atoms with E-state index in [1.54, 1.807) is 6.07 Å². The minimum absolute atomic E-state index is 0.0887. The Morgan fingerprint density at radius 1 is 1.54 bits per heavy atom. The number of hydrogen-bond donors (Lipinski definition) is 1. The zero-order chi connectivity index (χ0) is 9.42. The first-order valence-corrected chi connectivity index (χ1v) is 5.20. The van der Waals surface area contributed by atoms with Crippen LogP contribution < -0.4 is 5.73 Å². The molecule has 0 aliphatic heterocycles. The maximum absolute atomic E-state index is 13.3. The van der Waals surface area contributed by atoms with Crippen molar-refractivity contribution >= 4 is 15.9 Å². The molecule has 3 heteroatoms. The summed E-state index contributed by atoms with van der Waals surface area (Å²) in [5.74, 6) is 0.245. The van der Waals surface area contributed by atoms with Gasteiger partial charge in [0.25, 0.3) is 0 Å². The van der Waals surface area contributed by atoms with Crippen LogP contribution in [0.5, 0.6) is 0 Å². The lowest BCUT2D eigenvalue weighted by molar-refractivity contribution is 0.612. The molecule has 1 aromatic carbocycles. The van der Waals surface area contributed by atoms with Gasteiger partial charge in [0.05, 0.1) is 0 Å². The first-order valence-electron chi connectivity index (χ1n) is 4.41. The van der Waals surface area contributed by atoms with Crippen LogP contribution in [0.1, 0.15) is 23.5 Å². The maximum Gasteiger partial charge on any atom is 0.126 e. The SMILES string of the molecule is NCC1CCc2c(F)ccc(Br)c21. The van der Waals surface area contributed by atoms with Crippen LogP contribution >= 0.6 is 15.9 Å². The zero-order valence-electron chi connectivity index (χ0n) is 7.19. The summed E-state index contributed by atoms with van der Waals surface area (Å²) in [5.41, 5.74) is 7.56. The Bertz CT molecular complexity index is 338. The van der Waals surface area contributed by atoms with Crippen molar-refractivity contribution in [1.29, 1.82) is 0 Å². The van der Waals surface area contributed by atoms with Gasteiger partial charge in [-0.05, 0) is 48.6 Å². The van der Waals surface area contributed by atoms with Gasteiger partial charge in [-0.15, -0.1) is 0 Å². The van der Waals surface area contributed by atoms with Crippen molar-refractivity contribution < 1.29 is 4.39 Å². The third-order valence-electron chi connectivity index (χ3n) is 2.68. The van der Waals surface area contributed by atoms with Gasteiger partial charge in [0, 0.05) is 4.47 Å². The number of nitrogens with two attached hydrogens (primary N) is 1. The summed E-state index contributed by atoms with van der Waals surface area (Å²) in [4.78, 5) is 0. The van der Waals surface area contributed by atoms with E-state index < -0.39 is 0 Å². The van der Waals surface area contributed by atoms with Crippen molar-refractivity contribution in [2.75, 3.05) is 6.54 Å². The first kappa shape index (κ1) is 9.16. The molecule has 0 aromatic heterocycles. The first-order chi connectivity index (χ1) is 6.24. The van der Waals surface area contributed by atoms with Gasteiger partial charge in [-0.2, -0.15) is 0 Å². The van der Waals surface area contributed by atoms with Crippen molar-refractivity contribution in [3.8, 4) is 0 Å². The molecule has 1 nitrogen and oxygen atoms in total. The largest absolute Gasteiger partial charge is 0.330 e. The maximum atomic E-state index is 13.3. The minimum Gasteiger partial charge on any atom is -0.330 e. The van der Waals surface area contributed by atoms with Gasteiger partial charge in [0.15, 0.2) is 0 Å². The van der Waals surface area contributed by atoms with Crippen molar-refractivity contribution in [1.82, 2.24) is 0 Å². The standard InChI is InChI=1S/C10H11BrFN/c11-8-3-4-9(12)7-2-1-6(5-13)10(7)8/h3-4,6H,1-2,5,13H2. The Balaban J connectivity index is 2.55. The molecule has 1 atom stereocenters. The smallest absolute Gasteiger partial charge is 0.126 e. The molecule has 0 spiro atoms. The molecule has 70 valence electrons. The van der Waals surface area contributed by atoms with Gasteiger partial charge in [-0.3, -0.25) is 0 Å². The molecular formula is C10H11BrFN. The summed E-state index contributed by atoms with van der Waals surface area (Å²) < 4.78 is 14.3. The van der Waals surface area contributed by atoms with E-state index in [1.807, 2.05) is 0 Å². The highest BCUT2D eigenvalue weighted by Crippen LogP contribution is 2.38. The molecule has 2 N–H and O–H groups in total. The van der Waals surface area contributed by atoms with E-state index in [0.29, 0.717) is 12.5 Å². The second kappa shape index (κ2) is 3.39. The van der Waals surface area contributed by atoms with Gasteiger partial charge in [-0.25, -0.2) is 4.39 Å². The van der Waals surface area contributed by atoms with Crippen LogP contribution in [-0.2, 0) is 6.42 Å². The summed E-state index contributed by atoms with van der Waals surface area (Å²) in [6.45, 7) is 0.606. The second-order valence-corrected chi connectivity index (χ2v) is 4.25. The third kappa shape index (κ3) is 1.40. The molecule has 0 bridgehead atoms. The van der Waals surface area contributed by atoms with E-state index in [-0.39, 0.29) is 5.82 Å². The average molecular weight is 244 g/mol. The van der Waals surface area contributed by atoms with E-state index in [0.717, 1.165) is 28.4 Å². The predicted octanol–water partition coefficient (Wildman–Crippen LogP) is 2.58. The number of benzene rings is 1. The highest BCUT2D eigenvalue weighted by molar-refractivity contribution is 9.10. The van der Waals surface area contributed by atoms with E-state index >= 15 is 0 Å². The lowest BCUT2D eigenvalue weighted by Crippen LogP contribution is -2.09. The van der Waals surface area contributed by atoms with Gasteiger partial charge >= 0.3 is 0 Å². The van der Waals surface area contributed by atoms with Crippen LogP contribution in [0, 0.1) is 5.82 Å². The van der Waals surface area contributed by atoms with Crippen LogP contribution in [0.25, 0.3) is 0 Å². The molecule has 0 fully saturated rings. The van der Waals surface area contributed by atoms with Crippen LogP contribution in [-0.4, -0.2) is 6.54 Å². The Hall–Kier alpha value is -0.410. The topological polar surface area (TPSA) is 26.0 Å². The Kier molecular flexibility index (Phi) is 2.39. The second-order valence-electron chi connectivity index (χ2n) is 3.39. The van der Waals surface area contributed by atoms with Gasteiger partial charge in [-0.1, -0.05) is 15.9 Å². The van der Waals surface area contributed by atoms with Crippen molar-refractivity contribution in [2.24, 2.45) is 5.73 Å². The number of halogens is 2. The molecule has 1 aromatic rings. The molecule has 1 aliphatic rings. The van der Waals surface area contributed by atoms with Crippen LogP contribution in [0.3, 0.4) is 0 Å². The van der Waals surface area contributed by atoms with Crippen molar-refractivity contribution in [3.63, 3.8) is 0 Å². The predicted molar refractivity (Wildman–Crippen MR) is 54.2 cm³/mol. The highest BCUT2D eigenvalue weighted by Gasteiger charge is 2.25. The minimum atomic E-state index is -0.0887. The average Bonchev–Trinajstić information content (AvgIpc) is 2.56. The number of hydrogen-bond acceptors (Lipinski definition) is 1. The molecule has 1 unspecified atom stereocenters. The van der Waals surface area contributed by atoms with Gasteiger partial charge in [0.2, 0.25) is 0 Å². The lowest BCUT2D eigenvalue weighted by Gasteiger charge is -2.10. The monoisotopic (exact) mass is 243 g/mol. The summed E-state index contributed by atoms with van der Waals surface area (Å²) in [5, 5.41) is 0. The van der Waals surface area contributed by atoms with E-state index in [9.17, 15) is 4.39 Å². The van der Waals surface area contributed by atoms with E-state index in [2.05, 4.69) is 15.9 Å². The van der Waals surface area contributed by atoms with Crippen molar-refractivity contribution in [2.45, 2.75) is 18.8 Å². The molecule has 0 heterocycles. The molecule has 1 aliphatic carbocycles. The zero-order valence-corrected chi connectivity index (χ0v) is 8.77. The number of fused-ring (bicyclic) bond motifs is 1. The van der Waals surface area contributed by atoms with E-state index in [1.165, 1.54) is 6.07 Å². The fraction of sp³-hybridized carbons (Fsp3) is 0.400. The molecular weight excluding hydrogens is 233 g/mol. The molecule has 2 rings (SSSR count). The lowest BCUT2D eigenvalue weighted by atomic mass is 10.0. The Morgan fingerprint density at radius 2 is 2.31 bits per heavy atom. The van der Waals surface area contributed by atoms with Crippen LogP contribution in [0.2, 0.25) is 0 Å². The third-order valence-corrected chi connectivity index (χ3v) is 3.37. The fourth-order valence-corrected chi connectivity index (χ4v) is 2.70.